The second-order valence-electron chi connectivity index (χ2n) is 3.33. The molecule has 0 aromatic rings. The summed E-state index contributed by atoms with van der Waals surface area (Å²) in [5.74, 6) is 1.54. The molecule has 2 aliphatic rings. The Labute approximate surface area is 77.5 Å². The summed E-state index contributed by atoms with van der Waals surface area (Å²) in [6.07, 6.45) is 1.68. The summed E-state index contributed by atoms with van der Waals surface area (Å²) in [5, 5.41) is 10.9. The van der Waals surface area contributed by atoms with Crippen LogP contribution in [0.4, 0.5) is 0 Å². The largest absolute Gasteiger partial charge is 0.477 e. The quantitative estimate of drug-likeness (QED) is 0.578. The van der Waals surface area contributed by atoms with Crippen molar-refractivity contribution in [1.82, 2.24) is 15.1 Å². The van der Waals surface area contributed by atoms with Crippen LogP contribution in [0.15, 0.2) is 12.1 Å². The molecule has 0 radical (unpaired) electrons. The summed E-state index contributed by atoms with van der Waals surface area (Å²) in [6.45, 7) is 3.08. The molecule has 1 fully saturated rings. The first-order chi connectivity index (χ1) is 6.27. The van der Waals surface area contributed by atoms with Gasteiger partial charge >= 0.3 is 0 Å². The van der Waals surface area contributed by atoms with Crippen molar-refractivity contribution in [1.29, 1.82) is 5.41 Å². The van der Waals surface area contributed by atoms with E-state index in [9.17, 15) is 0 Å². The average Bonchev–Trinajstić information content (AvgIpc) is 2.56. The predicted octanol–water partition coefficient (Wildman–Crippen LogP) is -0.413. The van der Waals surface area contributed by atoms with Crippen LogP contribution in [-0.2, 0) is 4.74 Å². The van der Waals surface area contributed by atoms with Crippen molar-refractivity contribution in [3.8, 4) is 0 Å². The van der Waals surface area contributed by atoms with Gasteiger partial charge in [0.1, 0.15) is 17.9 Å². The maximum absolute atomic E-state index is 7.79. The Hall–Kier alpha value is -1.23. The van der Waals surface area contributed by atoms with Gasteiger partial charge in [-0.2, -0.15) is 0 Å². The van der Waals surface area contributed by atoms with Crippen molar-refractivity contribution in [2.24, 2.45) is 0 Å². The number of hydrogen-bond acceptors (Lipinski definition) is 4. The van der Waals surface area contributed by atoms with Gasteiger partial charge in [-0.1, -0.05) is 0 Å². The van der Waals surface area contributed by atoms with E-state index in [-0.39, 0.29) is 0 Å². The molecule has 0 unspecified atom stereocenters. The first-order valence-electron chi connectivity index (χ1n) is 4.36. The van der Waals surface area contributed by atoms with Gasteiger partial charge in [0.25, 0.3) is 0 Å². The molecule has 0 saturated carbocycles. The molecule has 0 amide bonds. The Bertz CT molecular complexity index is 251. The molecule has 0 spiro atoms. The van der Waals surface area contributed by atoms with Gasteiger partial charge in [0, 0.05) is 13.1 Å². The molecule has 5 nitrogen and oxygen atoms in total. The Kier molecular flexibility index (Phi) is 2.10. The lowest BCUT2D eigenvalue weighted by atomic mass is 10.3. The molecule has 2 heterocycles. The van der Waals surface area contributed by atoms with Crippen molar-refractivity contribution in [2.45, 2.75) is 0 Å². The lowest BCUT2D eigenvalue weighted by Crippen LogP contribution is -2.49. The molecule has 0 atom stereocenters. The maximum Gasteiger partial charge on any atom is 0.159 e. The van der Waals surface area contributed by atoms with Gasteiger partial charge in [-0.25, -0.2) is 0 Å². The van der Waals surface area contributed by atoms with Crippen molar-refractivity contribution in [3.05, 3.63) is 12.1 Å². The molecule has 0 aromatic heterocycles. The van der Waals surface area contributed by atoms with Gasteiger partial charge in [-0.15, -0.1) is 0 Å². The van der Waals surface area contributed by atoms with Crippen molar-refractivity contribution >= 4 is 5.84 Å². The Morgan fingerprint density at radius 2 is 2.38 bits per heavy atom. The summed E-state index contributed by atoms with van der Waals surface area (Å²) in [6, 6.07) is 0. The van der Waals surface area contributed by atoms with Gasteiger partial charge in [0.2, 0.25) is 0 Å². The van der Waals surface area contributed by atoms with Crippen molar-refractivity contribution in [3.63, 3.8) is 0 Å². The molecular weight excluding hydrogens is 168 g/mol. The van der Waals surface area contributed by atoms with Crippen LogP contribution in [0, 0.1) is 5.41 Å². The van der Waals surface area contributed by atoms with E-state index < -0.39 is 0 Å². The minimum absolute atomic E-state index is 0.523. The number of nitrogens with zero attached hydrogens (tertiary/aromatic N) is 2. The highest BCUT2D eigenvalue weighted by Gasteiger charge is 2.23. The van der Waals surface area contributed by atoms with Crippen LogP contribution in [0.1, 0.15) is 0 Å². The summed E-state index contributed by atoms with van der Waals surface area (Å²) in [7, 11) is 2.03. The monoisotopic (exact) mass is 182 g/mol. The molecule has 0 aliphatic carbocycles. The predicted molar refractivity (Wildman–Crippen MR) is 49.1 cm³/mol. The van der Waals surface area contributed by atoms with E-state index >= 15 is 0 Å². The van der Waals surface area contributed by atoms with E-state index in [1.54, 1.807) is 6.26 Å². The van der Waals surface area contributed by atoms with E-state index in [4.69, 9.17) is 10.1 Å². The zero-order chi connectivity index (χ0) is 9.26. The number of rotatable bonds is 1. The minimum atomic E-state index is 0.523. The molecule has 1 saturated heterocycles. The Balaban J connectivity index is 2.03. The summed E-state index contributed by atoms with van der Waals surface area (Å²) >= 11 is 0. The van der Waals surface area contributed by atoms with Crippen LogP contribution in [-0.4, -0.2) is 49.0 Å². The number of amidine groups is 1. The number of likely N-dealkylation sites (N-methyl/N-ethyl adjacent to an activating group) is 1. The number of piperazine rings is 1. The van der Waals surface area contributed by atoms with Gasteiger partial charge < -0.3 is 15.0 Å². The van der Waals surface area contributed by atoms with Crippen LogP contribution >= 0.6 is 0 Å². The van der Waals surface area contributed by atoms with E-state index in [0.717, 1.165) is 18.9 Å². The molecule has 2 N–H and O–H groups in total. The highest BCUT2D eigenvalue weighted by atomic mass is 16.5. The molecule has 2 rings (SSSR count). The molecule has 2 aliphatic heterocycles. The third kappa shape index (κ3) is 1.60. The van der Waals surface area contributed by atoms with Crippen LogP contribution in [0.5, 0.6) is 0 Å². The standard InChI is InChI=1S/C8H14N4O/c1-11-2-3-12(7(9)4-11)8-5-13-6-10-8/h5,9-10H,2-4,6H2,1H3. The lowest BCUT2D eigenvalue weighted by Gasteiger charge is -2.34. The minimum Gasteiger partial charge on any atom is -0.477 e. The average molecular weight is 182 g/mol. The fourth-order valence-electron chi connectivity index (χ4n) is 1.53. The fraction of sp³-hybridized carbons (Fsp3) is 0.625. The summed E-state index contributed by atoms with van der Waals surface area (Å²) in [5.41, 5.74) is 0. The SMILES string of the molecule is CN1CCN(C2=COCN2)C(=N)C1. The molecule has 13 heavy (non-hydrogen) atoms. The Morgan fingerprint density at radius 1 is 1.54 bits per heavy atom. The zero-order valence-electron chi connectivity index (χ0n) is 7.71. The van der Waals surface area contributed by atoms with E-state index in [1.165, 1.54) is 0 Å². The summed E-state index contributed by atoms with van der Waals surface area (Å²) in [4.78, 5) is 4.09. The smallest absolute Gasteiger partial charge is 0.159 e. The summed E-state index contributed by atoms with van der Waals surface area (Å²) < 4.78 is 5.06. The van der Waals surface area contributed by atoms with Crippen LogP contribution in [0.25, 0.3) is 0 Å². The third-order valence-corrected chi connectivity index (χ3v) is 2.27. The lowest BCUT2D eigenvalue weighted by molar-refractivity contribution is 0.264. The van der Waals surface area contributed by atoms with Crippen LogP contribution in [0.3, 0.4) is 0 Å². The first-order valence-corrected chi connectivity index (χ1v) is 4.36. The molecule has 72 valence electrons. The highest BCUT2D eigenvalue weighted by molar-refractivity contribution is 5.83. The highest BCUT2D eigenvalue weighted by Crippen LogP contribution is 2.10. The first kappa shape index (κ1) is 8.37. The number of hydrogen-bond donors (Lipinski definition) is 2. The molecule has 0 bridgehead atoms. The van der Waals surface area contributed by atoms with E-state index in [0.29, 0.717) is 19.1 Å². The fourth-order valence-corrected chi connectivity index (χ4v) is 1.53. The van der Waals surface area contributed by atoms with Gasteiger partial charge in [0.15, 0.2) is 6.73 Å². The van der Waals surface area contributed by atoms with Crippen molar-refractivity contribution < 1.29 is 4.74 Å². The second kappa shape index (κ2) is 3.26. The molecule has 0 aromatic carbocycles. The number of nitrogens with one attached hydrogen (secondary N) is 2. The zero-order valence-corrected chi connectivity index (χ0v) is 7.71. The van der Waals surface area contributed by atoms with Crippen LogP contribution in [0.2, 0.25) is 0 Å². The second-order valence-corrected chi connectivity index (χ2v) is 3.33. The van der Waals surface area contributed by atoms with Crippen LogP contribution < -0.4 is 5.32 Å². The maximum atomic E-state index is 7.79. The van der Waals surface area contributed by atoms with E-state index in [2.05, 4.69) is 10.2 Å². The molecule has 5 heteroatoms. The topological polar surface area (TPSA) is 51.6 Å². The van der Waals surface area contributed by atoms with Crippen molar-refractivity contribution in [2.75, 3.05) is 33.4 Å². The third-order valence-electron chi connectivity index (χ3n) is 2.27. The number of ether oxygens (including phenoxy) is 1. The van der Waals surface area contributed by atoms with Gasteiger partial charge in [-0.3, -0.25) is 10.3 Å². The normalized spacial score (nSPS) is 23.9. The van der Waals surface area contributed by atoms with E-state index in [1.807, 2.05) is 11.9 Å². The molecular formula is C8H14N4O. The Morgan fingerprint density at radius 3 is 3.00 bits per heavy atom. The van der Waals surface area contributed by atoms with Gasteiger partial charge in [-0.05, 0) is 7.05 Å². The van der Waals surface area contributed by atoms with Gasteiger partial charge in [0.05, 0.1) is 6.54 Å².